The van der Waals surface area contributed by atoms with E-state index in [1.54, 1.807) is 0 Å². The highest BCUT2D eigenvalue weighted by Gasteiger charge is 2.38. The number of aliphatic hydroxyl groups is 1. The first-order chi connectivity index (χ1) is 12.7. The van der Waals surface area contributed by atoms with Crippen molar-refractivity contribution in [2.75, 3.05) is 26.2 Å². The fourth-order valence-electron chi connectivity index (χ4n) is 5.08. The molecule has 0 spiro atoms. The van der Waals surface area contributed by atoms with E-state index in [2.05, 4.69) is 30.9 Å². The van der Waals surface area contributed by atoms with Crippen LogP contribution in [0, 0.1) is 17.8 Å². The third-order valence-corrected chi connectivity index (χ3v) is 6.57. The molecule has 1 aliphatic carbocycles. The van der Waals surface area contributed by atoms with Gasteiger partial charge in [-0.1, -0.05) is 62.4 Å². The minimum absolute atomic E-state index is 0.270. The van der Waals surface area contributed by atoms with Gasteiger partial charge in [0.25, 0.3) is 0 Å². The SMILES string of the molecule is CCC[N+]1(CC#C[C@@](O)(c2ccccc2)C2CCCCC2)CCCCC1. The molecule has 1 atom stereocenters. The average molecular weight is 355 g/mol. The molecule has 1 saturated carbocycles. The van der Waals surface area contributed by atoms with Crippen molar-refractivity contribution in [2.45, 2.75) is 70.3 Å². The molecule has 2 fully saturated rings. The van der Waals surface area contributed by atoms with Crippen molar-refractivity contribution in [3.05, 3.63) is 35.9 Å². The second-order valence-corrected chi connectivity index (χ2v) is 8.50. The highest BCUT2D eigenvalue weighted by molar-refractivity contribution is 5.33. The molecule has 3 rings (SSSR count). The Morgan fingerprint density at radius 2 is 1.65 bits per heavy atom. The van der Waals surface area contributed by atoms with E-state index in [1.165, 1.54) is 64.6 Å². The summed E-state index contributed by atoms with van der Waals surface area (Å²) in [7, 11) is 0. The summed E-state index contributed by atoms with van der Waals surface area (Å²) in [4.78, 5) is 0. The van der Waals surface area contributed by atoms with Crippen molar-refractivity contribution in [3.8, 4) is 11.8 Å². The summed E-state index contributed by atoms with van der Waals surface area (Å²) in [5.41, 5.74) is 0.00769. The second kappa shape index (κ2) is 9.07. The lowest BCUT2D eigenvalue weighted by atomic mass is 9.73. The summed E-state index contributed by atoms with van der Waals surface area (Å²) in [6, 6.07) is 10.2. The molecule has 1 heterocycles. The fraction of sp³-hybridized carbons (Fsp3) is 0.667. The molecule has 1 aromatic rings. The summed E-state index contributed by atoms with van der Waals surface area (Å²) < 4.78 is 1.14. The van der Waals surface area contributed by atoms with Crippen molar-refractivity contribution in [1.82, 2.24) is 0 Å². The zero-order valence-electron chi connectivity index (χ0n) is 16.6. The third-order valence-electron chi connectivity index (χ3n) is 6.57. The van der Waals surface area contributed by atoms with E-state index < -0.39 is 5.60 Å². The molecule has 1 saturated heterocycles. The molecule has 1 aliphatic heterocycles. The topological polar surface area (TPSA) is 20.2 Å². The maximum atomic E-state index is 11.7. The highest BCUT2D eigenvalue weighted by atomic mass is 16.3. The van der Waals surface area contributed by atoms with Gasteiger partial charge in [-0.3, -0.25) is 0 Å². The normalized spacial score (nSPS) is 22.8. The average Bonchev–Trinajstić information content (AvgIpc) is 2.70. The number of piperidine rings is 1. The maximum Gasteiger partial charge on any atom is 0.153 e. The summed E-state index contributed by atoms with van der Waals surface area (Å²) in [5, 5.41) is 11.7. The number of likely N-dealkylation sites (tertiary alicyclic amines) is 1. The maximum absolute atomic E-state index is 11.7. The van der Waals surface area contributed by atoms with Gasteiger partial charge >= 0.3 is 0 Å². The number of hydrogen-bond donors (Lipinski definition) is 1. The Hall–Kier alpha value is -1.30. The number of benzene rings is 1. The van der Waals surface area contributed by atoms with Crippen LogP contribution in [0.15, 0.2) is 30.3 Å². The van der Waals surface area contributed by atoms with Gasteiger partial charge in [0.2, 0.25) is 0 Å². The molecule has 0 amide bonds. The quantitative estimate of drug-likeness (QED) is 0.591. The summed E-state index contributed by atoms with van der Waals surface area (Å²) in [5.74, 6) is 7.16. The van der Waals surface area contributed by atoms with Crippen LogP contribution in [-0.4, -0.2) is 35.8 Å². The van der Waals surface area contributed by atoms with Crippen LogP contribution in [0.5, 0.6) is 0 Å². The molecule has 26 heavy (non-hydrogen) atoms. The van der Waals surface area contributed by atoms with Gasteiger partial charge in [-0.05, 0) is 50.0 Å². The van der Waals surface area contributed by atoms with Crippen LogP contribution >= 0.6 is 0 Å². The third kappa shape index (κ3) is 4.51. The van der Waals surface area contributed by atoms with Gasteiger partial charge in [0.1, 0.15) is 6.54 Å². The van der Waals surface area contributed by atoms with Gasteiger partial charge in [-0.2, -0.15) is 0 Å². The van der Waals surface area contributed by atoms with Crippen molar-refractivity contribution in [1.29, 1.82) is 0 Å². The molecular formula is C24H36NO+. The van der Waals surface area contributed by atoms with Crippen molar-refractivity contribution < 1.29 is 9.59 Å². The molecule has 0 radical (unpaired) electrons. The van der Waals surface area contributed by atoms with Gasteiger partial charge < -0.3 is 9.59 Å². The van der Waals surface area contributed by atoms with Crippen LogP contribution in [0.3, 0.4) is 0 Å². The van der Waals surface area contributed by atoms with E-state index in [4.69, 9.17) is 0 Å². The standard InChI is InChI=1S/C24H36NO/c1-2-18-25(19-10-5-11-20-25)21-12-17-24(26,22-13-6-3-7-14-22)23-15-8-4-9-16-23/h3,6-7,13-14,23,26H,2,4-5,8-11,15-16,18-21H2,1H3/q+1/t24-/m1/s1. The Kier molecular flexibility index (Phi) is 6.79. The molecule has 2 nitrogen and oxygen atoms in total. The number of hydrogen-bond acceptors (Lipinski definition) is 1. The number of rotatable bonds is 5. The van der Waals surface area contributed by atoms with E-state index in [9.17, 15) is 5.11 Å². The van der Waals surface area contributed by atoms with E-state index >= 15 is 0 Å². The number of nitrogens with zero attached hydrogens (tertiary/aromatic N) is 1. The van der Waals surface area contributed by atoms with Crippen LogP contribution in [0.4, 0.5) is 0 Å². The second-order valence-electron chi connectivity index (χ2n) is 8.50. The summed E-state index contributed by atoms with van der Waals surface area (Å²) in [6.07, 6.45) is 11.2. The van der Waals surface area contributed by atoms with E-state index in [1.807, 2.05) is 18.2 Å². The molecule has 142 valence electrons. The molecule has 2 heteroatoms. The first kappa shape index (κ1) is 19.5. The lowest BCUT2D eigenvalue weighted by Crippen LogP contribution is -2.52. The Bertz CT molecular complexity index is 597. The van der Waals surface area contributed by atoms with Gasteiger partial charge in [0.05, 0.1) is 19.6 Å². The number of quaternary nitrogens is 1. The molecule has 0 aromatic heterocycles. The van der Waals surface area contributed by atoms with Crippen LogP contribution < -0.4 is 0 Å². The van der Waals surface area contributed by atoms with Crippen LogP contribution in [0.25, 0.3) is 0 Å². The Labute approximate surface area is 160 Å². The van der Waals surface area contributed by atoms with Gasteiger partial charge in [0, 0.05) is 5.92 Å². The first-order valence-corrected chi connectivity index (χ1v) is 10.8. The Morgan fingerprint density at radius 3 is 2.31 bits per heavy atom. The first-order valence-electron chi connectivity index (χ1n) is 10.8. The van der Waals surface area contributed by atoms with Gasteiger partial charge in [-0.15, -0.1) is 0 Å². The van der Waals surface area contributed by atoms with Gasteiger partial charge in [-0.25, -0.2) is 0 Å². The zero-order valence-corrected chi connectivity index (χ0v) is 16.6. The minimum Gasteiger partial charge on any atom is -0.373 e. The smallest absolute Gasteiger partial charge is 0.153 e. The Morgan fingerprint density at radius 1 is 1.00 bits per heavy atom. The van der Waals surface area contributed by atoms with Crippen molar-refractivity contribution in [2.24, 2.45) is 5.92 Å². The predicted octanol–water partition coefficient (Wildman–Crippen LogP) is 4.87. The molecule has 1 aromatic carbocycles. The fourth-order valence-corrected chi connectivity index (χ4v) is 5.08. The highest BCUT2D eigenvalue weighted by Crippen LogP contribution is 2.39. The van der Waals surface area contributed by atoms with E-state index in [0.29, 0.717) is 0 Å². The molecular weight excluding hydrogens is 318 g/mol. The molecule has 2 aliphatic rings. The van der Waals surface area contributed by atoms with Gasteiger partial charge in [0.15, 0.2) is 5.60 Å². The minimum atomic E-state index is -0.979. The van der Waals surface area contributed by atoms with Crippen molar-refractivity contribution in [3.63, 3.8) is 0 Å². The van der Waals surface area contributed by atoms with Crippen LogP contribution in [-0.2, 0) is 5.60 Å². The van der Waals surface area contributed by atoms with Crippen LogP contribution in [0.2, 0.25) is 0 Å². The largest absolute Gasteiger partial charge is 0.373 e. The molecule has 0 unspecified atom stereocenters. The predicted molar refractivity (Wildman–Crippen MR) is 109 cm³/mol. The lowest BCUT2D eigenvalue weighted by Gasteiger charge is -2.40. The summed E-state index contributed by atoms with van der Waals surface area (Å²) in [6.45, 7) is 6.92. The summed E-state index contributed by atoms with van der Waals surface area (Å²) >= 11 is 0. The van der Waals surface area contributed by atoms with E-state index in [0.717, 1.165) is 29.4 Å². The molecule has 0 bridgehead atoms. The van der Waals surface area contributed by atoms with Crippen molar-refractivity contribution >= 4 is 0 Å². The zero-order chi connectivity index (χ0) is 18.3. The molecule has 1 N–H and O–H groups in total. The van der Waals surface area contributed by atoms with E-state index in [-0.39, 0.29) is 5.92 Å². The Balaban J connectivity index is 1.83. The lowest BCUT2D eigenvalue weighted by molar-refractivity contribution is -0.926. The van der Waals surface area contributed by atoms with Crippen LogP contribution in [0.1, 0.15) is 70.3 Å². The monoisotopic (exact) mass is 354 g/mol.